The summed E-state index contributed by atoms with van der Waals surface area (Å²) < 4.78 is 5.20. The van der Waals surface area contributed by atoms with Gasteiger partial charge in [-0.05, 0) is 35.4 Å². The third kappa shape index (κ3) is 4.77. The highest BCUT2D eigenvalue weighted by Crippen LogP contribution is 2.18. The zero-order valence-corrected chi connectivity index (χ0v) is 14.1. The van der Waals surface area contributed by atoms with Crippen molar-refractivity contribution in [3.05, 3.63) is 95.4 Å². The summed E-state index contributed by atoms with van der Waals surface area (Å²) >= 11 is 1.87. The number of nitrogens with one attached hydrogen (secondary N) is 1. The highest BCUT2D eigenvalue weighted by Gasteiger charge is 2.06. The van der Waals surface area contributed by atoms with Crippen LogP contribution in [0.3, 0.4) is 0 Å². The van der Waals surface area contributed by atoms with E-state index in [1.807, 2.05) is 54.2 Å². The second-order valence-corrected chi connectivity index (χ2v) is 6.42. The van der Waals surface area contributed by atoms with Crippen LogP contribution in [0.2, 0.25) is 0 Å². The first-order valence-electron chi connectivity index (χ1n) is 7.82. The van der Waals surface area contributed by atoms with E-state index in [9.17, 15) is 4.79 Å². The summed E-state index contributed by atoms with van der Waals surface area (Å²) in [4.78, 5) is 12.1. The van der Waals surface area contributed by atoms with Gasteiger partial charge >= 0.3 is 0 Å². The second kappa shape index (κ2) is 8.41. The Morgan fingerprint density at radius 1 is 0.875 bits per heavy atom. The number of thioether (sulfide) groups is 1. The van der Waals surface area contributed by atoms with Crippen molar-refractivity contribution in [1.29, 1.82) is 0 Å². The molecular weight excluding hydrogens is 318 g/mol. The Balaban J connectivity index is 1.46. The van der Waals surface area contributed by atoms with E-state index in [0.717, 1.165) is 17.3 Å². The van der Waals surface area contributed by atoms with Crippen LogP contribution in [-0.2, 0) is 18.1 Å². The van der Waals surface area contributed by atoms with E-state index in [1.54, 1.807) is 6.26 Å². The van der Waals surface area contributed by atoms with Crippen molar-refractivity contribution in [2.75, 3.05) is 0 Å². The molecule has 4 heteroatoms. The number of amides is 1. The van der Waals surface area contributed by atoms with Gasteiger partial charge in [0.15, 0.2) is 0 Å². The van der Waals surface area contributed by atoms with Gasteiger partial charge in [-0.15, -0.1) is 0 Å². The number of benzene rings is 2. The van der Waals surface area contributed by atoms with Crippen LogP contribution in [0, 0.1) is 0 Å². The molecule has 1 amide bonds. The molecule has 0 radical (unpaired) electrons. The van der Waals surface area contributed by atoms with Gasteiger partial charge in [-0.1, -0.05) is 42.5 Å². The standard InChI is InChI=1S/C20H19NO2S/c22-20(21-13-19-7-4-12-23-19)18-10-8-17(9-11-18)15-24-14-16-5-2-1-3-6-16/h1-12H,13-15H2,(H,21,22). The van der Waals surface area contributed by atoms with Gasteiger partial charge in [0.05, 0.1) is 12.8 Å². The van der Waals surface area contributed by atoms with Crippen molar-refractivity contribution >= 4 is 17.7 Å². The van der Waals surface area contributed by atoms with Crippen LogP contribution in [0.15, 0.2) is 77.4 Å². The summed E-state index contributed by atoms with van der Waals surface area (Å²) in [6.07, 6.45) is 1.60. The van der Waals surface area contributed by atoms with Gasteiger partial charge in [-0.3, -0.25) is 4.79 Å². The maximum atomic E-state index is 12.1. The molecule has 0 aliphatic rings. The van der Waals surface area contributed by atoms with Crippen molar-refractivity contribution < 1.29 is 9.21 Å². The van der Waals surface area contributed by atoms with Crippen molar-refractivity contribution in [3.8, 4) is 0 Å². The molecule has 0 unspecified atom stereocenters. The molecule has 1 aromatic heterocycles. The minimum absolute atomic E-state index is 0.0881. The molecular formula is C20H19NO2S. The normalized spacial score (nSPS) is 10.5. The van der Waals surface area contributed by atoms with Crippen LogP contribution in [0.25, 0.3) is 0 Å². The van der Waals surface area contributed by atoms with E-state index < -0.39 is 0 Å². The maximum Gasteiger partial charge on any atom is 0.251 e. The Morgan fingerprint density at radius 3 is 2.25 bits per heavy atom. The lowest BCUT2D eigenvalue weighted by molar-refractivity contribution is 0.0948. The Morgan fingerprint density at radius 2 is 1.58 bits per heavy atom. The van der Waals surface area contributed by atoms with Crippen LogP contribution in [0.4, 0.5) is 0 Å². The van der Waals surface area contributed by atoms with Crippen LogP contribution in [0.1, 0.15) is 27.2 Å². The predicted molar refractivity (Wildman–Crippen MR) is 97.8 cm³/mol. The molecule has 24 heavy (non-hydrogen) atoms. The van der Waals surface area contributed by atoms with E-state index in [4.69, 9.17) is 4.42 Å². The molecule has 0 aliphatic heterocycles. The predicted octanol–water partition coefficient (Wildman–Crippen LogP) is 4.64. The Bertz CT molecular complexity index is 752. The van der Waals surface area contributed by atoms with Crippen molar-refractivity contribution in [2.24, 2.45) is 0 Å². The van der Waals surface area contributed by atoms with E-state index in [-0.39, 0.29) is 5.91 Å². The van der Waals surface area contributed by atoms with Crippen LogP contribution in [-0.4, -0.2) is 5.91 Å². The quantitative estimate of drug-likeness (QED) is 0.683. The minimum atomic E-state index is -0.0881. The largest absolute Gasteiger partial charge is 0.467 e. The first-order valence-corrected chi connectivity index (χ1v) is 8.98. The van der Waals surface area contributed by atoms with Gasteiger partial charge < -0.3 is 9.73 Å². The van der Waals surface area contributed by atoms with Gasteiger partial charge in [-0.2, -0.15) is 11.8 Å². The maximum absolute atomic E-state index is 12.1. The van der Waals surface area contributed by atoms with E-state index in [2.05, 4.69) is 29.6 Å². The van der Waals surface area contributed by atoms with E-state index in [1.165, 1.54) is 11.1 Å². The average Bonchev–Trinajstić information content (AvgIpc) is 3.15. The number of hydrogen-bond acceptors (Lipinski definition) is 3. The Kier molecular flexibility index (Phi) is 5.75. The molecule has 3 rings (SSSR count). The summed E-state index contributed by atoms with van der Waals surface area (Å²) in [5, 5.41) is 2.85. The average molecular weight is 337 g/mol. The molecule has 0 fully saturated rings. The first kappa shape index (κ1) is 16.4. The van der Waals surface area contributed by atoms with Gasteiger partial charge in [0, 0.05) is 17.1 Å². The van der Waals surface area contributed by atoms with Crippen LogP contribution in [0.5, 0.6) is 0 Å². The molecule has 2 aromatic carbocycles. The molecule has 122 valence electrons. The van der Waals surface area contributed by atoms with Gasteiger partial charge in [-0.25, -0.2) is 0 Å². The van der Waals surface area contributed by atoms with Crippen molar-refractivity contribution in [2.45, 2.75) is 18.1 Å². The lowest BCUT2D eigenvalue weighted by Gasteiger charge is -2.06. The molecule has 3 nitrogen and oxygen atoms in total. The highest BCUT2D eigenvalue weighted by atomic mass is 32.2. The van der Waals surface area contributed by atoms with Gasteiger partial charge in [0.1, 0.15) is 5.76 Å². The van der Waals surface area contributed by atoms with E-state index in [0.29, 0.717) is 12.1 Å². The zero-order chi connectivity index (χ0) is 16.6. The van der Waals surface area contributed by atoms with Crippen molar-refractivity contribution in [1.82, 2.24) is 5.32 Å². The molecule has 0 aliphatic carbocycles. The number of carbonyl (C=O) groups is 1. The SMILES string of the molecule is O=C(NCc1ccco1)c1ccc(CSCc2ccccc2)cc1. The zero-order valence-electron chi connectivity index (χ0n) is 13.3. The van der Waals surface area contributed by atoms with Gasteiger partial charge in [0.2, 0.25) is 0 Å². The summed E-state index contributed by atoms with van der Waals surface area (Å²) in [6.45, 7) is 0.403. The molecule has 0 atom stereocenters. The van der Waals surface area contributed by atoms with Crippen LogP contribution < -0.4 is 5.32 Å². The fourth-order valence-corrected chi connectivity index (χ4v) is 3.25. The fraction of sp³-hybridized carbons (Fsp3) is 0.150. The number of carbonyl (C=O) groups excluding carboxylic acids is 1. The lowest BCUT2D eigenvalue weighted by atomic mass is 10.1. The molecule has 0 saturated carbocycles. The fourth-order valence-electron chi connectivity index (χ4n) is 2.30. The Labute approximate surface area is 146 Å². The summed E-state index contributed by atoms with van der Waals surface area (Å²) in [6, 6.07) is 21.9. The molecule has 0 bridgehead atoms. The monoisotopic (exact) mass is 337 g/mol. The molecule has 1 N–H and O–H groups in total. The summed E-state index contributed by atoms with van der Waals surface area (Å²) in [5.74, 6) is 2.59. The van der Waals surface area contributed by atoms with E-state index >= 15 is 0 Å². The minimum Gasteiger partial charge on any atom is -0.467 e. The molecule has 1 heterocycles. The lowest BCUT2D eigenvalue weighted by Crippen LogP contribution is -2.22. The third-order valence-electron chi connectivity index (χ3n) is 3.60. The molecule has 0 spiro atoms. The molecule has 0 saturated heterocycles. The Hall–Kier alpha value is -2.46. The summed E-state index contributed by atoms with van der Waals surface area (Å²) in [7, 11) is 0. The third-order valence-corrected chi connectivity index (χ3v) is 4.67. The van der Waals surface area contributed by atoms with Crippen molar-refractivity contribution in [3.63, 3.8) is 0 Å². The summed E-state index contributed by atoms with van der Waals surface area (Å²) in [5.41, 5.74) is 3.22. The first-order chi connectivity index (χ1) is 11.8. The smallest absolute Gasteiger partial charge is 0.251 e. The van der Waals surface area contributed by atoms with Gasteiger partial charge in [0.25, 0.3) is 5.91 Å². The number of rotatable bonds is 7. The number of hydrogen-bond donors (Lipinski definition) is 1. The highest BCUT2D eigenvalue weighted by molar-refractivity contribution is 7.97. The molecule has 3 aromatic rings. The topological polar surface area (TPSA) is 42.2 Å². The number of furan rings is 1. The second-order valence-electron chi connectivity index (χ2n) is 5.44. The van der Waals surface area contributed by atoms with Crippen LogP contribution >= 0.6 is 11.8 Å².